The Morgan fingerprint density at radius 1 is 1.27 bits per heavy atom. The molecular formula is C19H24FN3O3. The molecule has 7 heteroatoms. The van der Waals surface area contributed by atoms with Gasteiger partial charge in [0.05, 0.1) is 23.1 Å². The number of carboxylic acid groups (broad SMARTS) is 1. The lowest BCUT2D eigenvalue weighted by atomic mass is 9.88. The minimum Gasteiger partial charge on any atom is -0.480 e. The van der Waals surface area contributed by atoms with E-state index in [1.54, 1.807) is 19.1 Å². The van der Waals surface area contributed by atoms with E-state index < -0.39 is 17.9 Å². The fraction of sp³-hybridized carbons (Fsp3) is 0.421. The molecule has 0 aliphatic carbocycles. The van der Waals surface area contributed by atoms with E-state index in [0.717, 1.165) is 0 Å². The van der Waals surface area contributed by atoms with Crippen molar-refractivity contribution in [2.75, 3.05) is 0 Å². The van der Waals surface area contributed by atoms with Crippen LogP contribution in [0.5, 0.6) is 0 Å². The van der Waals surface area contributed by atoms with Crippen LogP contribution in [-0.4, -0.2) is 32.8 Å². The molecular weight excluding hydrogens is 337 g/mol. The zero-order chi connectivity index (χ0) is 19.5. The number of nitrogens with one attached hydrogen (secondary N) is 1. The van der Waals surface area contributed by atoms with Crippen molar-refractivity contribution in [2.24, 2.45) is 5.41 Å². The first kappa shape index (κ1) is 19.6. The second kappa shape index (κ2) is 7.68. The minimum absolute atomic E-state index is 0.0260. The third kappa shape index (κ3) is 4.91. The van der Waals surface area contributed by atoms with Gasteiger partial charge in [0.15, 0.2) is 0 Å². The number of aliphatic carboxylic acids is 1. The lowest BCUT2D eigenvalue weighted by Gasteiger charge is -2.21. The first-order chi connectivity index (χ1) is 12.1. The second-order valence-electron chi connectivity index (χ2n) is 7.50. The van der Waals surface area contributed by atoms with Crippen LogP contribution in [-0.2, 0) is 4.79 Å². The van der Waals surface area contributed by atoms with Crippen molar-refractivity contribution in [3.8, 4) is 5.69 Å². The lowest BCUT2D eigenvalue weighted by Crippen LogP contribution is -2.41. The van der Waals surface area contributed by atoms with Gasteiger partial charge in [-0.25, -0.2) is 13.9 Å². The maximum atomic E-state index is 13.1. The van der Waals surface area contributed by atoms with E-state index in [1.807, 2.05) is 20.8 Å². The van der Waals surface area contributed by atoms with E-state index >= 15 is 0 Å². The van der Waals surface area contributed by atoms with E-state index in [9.17, 15) is 19.1 Å². The molecule has 1 atom stereocenters. The van der Waals surface area contributed by atoms with Crippen LogP contribution >= 0.6 is 0 Å². The van der Waals surface area contributed by atoms with Crippen LogP contribution in [0.4, 0.5) is 4.39 Å². The molecule has 2 aromatic rings. The zero-order valence-corrected chi connectivity index (χ0v) is 15.4. The molecule has 1 amide bonds. The van der Waals surface area contributed by atoms with Crippen molar-refractivity contribution in [2.45, 2.75) is 46.6 Å². The number of carbonyl (C=O) groups excluding carboxylic acids is 1. The van der Waals surface area contributed by atoms with Crippen LogP contribution in [0.15, 0.2) is 30.5 Å². The third-order valence-corrected chi connectivity index (χ3v) is 4.11. The third-order valence-electron chi connectivity index (χ3n) is 4.11. The van der Waals surface area contributed by atoms with Crippen LogP contribution in [0.3, 0.4) is 0 Å². The van der Waals surface area contributed by atoms with Crippen molar-refractivity contribution in [1.29, 1.82) is 0 Å². The molecule has 0 bridgehead atoms. The number of rotatable bonds is 6. The molecule has 1 aromatic heterocycles. The molecule has 0 saturated heterocycles. The number of aromatic nitrogens is 2. The average Bonchev–Trinajstić information content (AvgIpc) is 2.92. The summed E-state index contributed by atoms with van der Waals surface area (Å²) in [6.07, 6.45) is 2.39. The van der Waals surface area contributed by atoms with E-state index in [0.29, 0.717) is 24.2 Å². The van der Waals surface area contributed by atoms with E-state index in [1.165, 1.54) is 23.0 Å². The Bertz CT molecular complexity index is 791. The summed E-state index contributed by atoms with van der Waals surface area (Å²) in [4.78, 5) is 24.0. The SMILES string of the molecule is Cc1c(C(=O)NC(CCC(C)(C)C)C(=O)O)cnn1-c1ccc(F)cc1. The topological polar surface area (TPSA) is 84.2 Å². The Morgan fingerprint density at radius 2 is 1.88 bits per heavy atom. The molecule has 2 N–H and O–H groups in total. The summed E-state index contributed by atoms with van der Waals surface area (Å²) in [7, 11) is 0. The van der Waals surface area contributed by atoms with Gasteiger partial charge < -0.3 is 10.4 Å². The number of nitrogens with zero attached hydrogens (tertiary/aromatic N) is 2. The highest BCUT2D eigenvalue weighted by molar-refractivity contribution is 5.97. The number of hydrogen-bond acceptors (Lipinski definition) is 3. The van der Waals surface area contributed by atoms with Crippen molar-refractivity contribution >= 4 is 11.9 Å². The molecule has 26 heavy (non-hydrogen) atoms. The monoisotopic (exact) mass is 361 g/mol. The van der Waals surface area contributed by atoms with Gasteiger partial charge in [0, 0.05) is 0 Å². The van der Waals surface area contributed by atoms with Gasteiger partial charge in [-0.15, -0.1) is 0 Å². The summed E-state index contributed by atoms with van der Waals surface area (Å²) in [5, 5.41) is 16.1. The molecule has 0 spiro atoms. The summed E-state index contributed by atoms with van der Waals surface area (Å²) < 4.78 is 14.6. The van der Waals surface area contributed by atoms with Crippen LogP contribution < -0.4 is 5.32 Å². The van der Waals surface area contributed by atoms with Crippen molar-refractivity contribution in [3.05, 3.63) is 47.5 Å². The summed E-state index contributed by atoms with van der Waals surface area (Å²) in [5.74, 6) is -1.91. The van der Waals surface area contributed by atoms with Gasteiger partial charge in [0.1, 0.15) is 11.9 Å². The fourth-order valence-corrected chi connectivity index (χ4v) is 2.55. The van der Waals surface area contributed by atoms with Gasteiger partial charge >= 0.3 is 5.97 Å². The van der Waals surface area contributed by atoms with E-state index in [4.69, 9.17) is 0 Å². The Morgan fingerprint density at radius 3 is 2.42 bits per heavy atom. The Labute approximate surface area is 152 Å². The van der Waals surface area contributed by atoms with E-state index in [-0.39, 0.29) is 16.8 Å². The van der Waals surface area contributed by atoms with Crippen LogP contribution in [0.2, 0.25) is 0 Å². The van der Waals surface area contributed by atoms with Crippen molar-refractivity contribution in [3.63, 3.8) is 0 Å². The summed E-state index contributed by atoms with van der Waals surface area (Å²) in [6.45, 7) is 7.76. The van der Waals surface area contributed by atoms with Crippen molar-refractivity contribution < 1.29 is 19.1 Å². The first-order valence-corrected chi connectivity index (χ1v) is 8.43. The fourth-order valence-electron chi connectivity index (χ4n) is 2.55. The Kier molecular flexibility index (Phi) is 5.79. The lowest BCUT2D eigenvalue weighted by molar-refractivity contribution is -0.139. The molecule has 0 aliphatic heterocycles. The van der Waals surface area contributed by atoms with Gasteiger partial charge in [-0.05, 0) is 49.4 Å². The Hall–Kier alpha value is -2.70. The predicted molar refractivity (Wildman–Crippen MR) is 95.8 cm³/mol. The predicted octanol–water partition coefficient (Wildman–Crippen LogP) is 3.33. The Balaban J connectivity index is 2.16. The highest BCUT2D eigenvalue weighted by Crippen LogP contribution is 2.22. The van der Waals surface area contributed by atoms with Gasteiger partial charge in [0.2, 0.25) is 0 Å². The minimum atomic E-state index is -1.06. The molecule has 1 aromatic carbocycles. The largest absolute Gasteiger partial charge is 0.480 e. The molecule has 1 unspecified atom stereocenters. The smallest absolute Gasteiger partial charge is 0.326 e. The number of benzene rings is 1. The molecule has 0 saturated carbocycles. The van der Waals surface area contributed by atoms with Gasteiger partial charge in [-0.1, -0.05) is 20.8 Å². The number of halogens is 1. The van der Waals surface area contributed by atoms with Gasteiger partial charge in [0.25, 0.3) is 5.91 Å². The molecule has 2 rings (SSSR count). The standard InChI is InChI=1S/C19H24FN3O3/c1-12-15(11-21-23(12)14-7-5-13(20)6-8-14)17(24)22-16(18(25)26)9-10-19(2,3)4/h5-8,11,16H,9-10H2,1-4H3,(H,22,24)(H,25,26). The molecule has 0 fully saturated rings. The molecule has 0 radical (unpaired) electrons. The normalized spacial score (nSPS) is 12.7. The van der Waals surface area contributed by atoms with Crippen molar-refractivity contribution in [1.82, 2.24) is 15.1 Å². The van der Waals surface area contributed by atoms with E-state index in [2.05, 4.69) is 10.4 Å². The molecule has 6 nitrogen and oxygen atoms in total. The second-order valence-corrected chi connectivity index (χ2v) is 7.50. The van der Waals surface area contributed by atoms with Crippen LogP contribution in [0, 0.1) is 18.2 Å². The average molecular weight is 361 g/mol. The maximum Gasteiger partial charge on any atom is 0.326 e. The molecule has 1 heterocycles. The van der Waals surface area contributed by atoms with Gasteiger partial charge in [-0.2, -0.15) is 5.10 Å². The quantitative estimate of drug-likeness (QED) is 0.827. The summed E-state index contributed by atoms with van der Waals surface area (Å²) >= 11 is 0. The highest BCUT2D eigenvalue weighted by Gasteiger charge is 2.25. The van der Waals surface area contributed by atoms with Gasteiger partial charge in [-0.3, -0.25) is 4.79 Å². The summed E-state index contributed by atoms with van der Waals surface area (Å²) in [6, 6.07) is 4.77. The molecule has 0 aliphatic rings. The van der Waals surface area contributed by atoms with Crippen LogP contribution in [0.1, 0.15) is 49.7 Å². The van der Waals surface area contributed by atoms with Crippen LogP contribution in [0.25, 0.3) is 5.69 Å². The number of amides is 1. The maximum absolute atomic E-state index is 13.1. The summed E-state index contributed by atoms with van der Waals surface area (Å²) in [5.41, 5.74) is 1.43. The number of carbonyl (C=O) groups is 2. The first-order valence-electron chi connectivity index (χ1n) is 8.43. The number of carboxylic acids is 1. The number of hydrogen-bond donors (Lipinski definition) is 2. The highest BCUT2D eigenvalue weighted by atomic mass is 19.1. The zero-order valence-electron chi connectivity index (χ0n) is 15.4. The molecule has 140 valence electrons.